The van der Waals surface area contributed by atoms with Crippen LogP contribution in [0.3, 0.4) is 0 Å². The number of esters is 2. The van der Waals surface area contributed by atoms with Crippen LogP contribution in [-0.2, 0) is 24.2 Å². The molecular weight excluding hydrogens is 296 g/mol. The Morgan fingerprint density at radius 3 is 2.19 bits per heavy atom. The first-order valence-electron chi connectivity index (χ1n) is 5.72. The van der Waals surface area contributed by atoms with Crippen molar-refractivity contribution in [3.8, 4) is 5.75 Å². The number of rotatable bonds is 5. The van der Waals surface area contributed by atoms with Gasteiger partial charge in [-0.05, 0) is 23.8 Å². The maximum Gasteiger partial charge on any atom is 0.349 e. The first-order chi connectivity index (χ1) is 9.77. The molecule has 0 bridgehead atoms. The van der Waals surface area contributed by atoms with Gasteiger partial charge < -0.3 is 9.47 Å². The average molecular weight is 310 g/mol. The predicted octanol–water partition coefficient (Wildman–Crippen LogP) is 1.34. The van der Waals surface area contributed by atoms with E-state index >= 15 is 0 Å². The summed E-state index contributed by atoms with van der Waals surface area (Å²) in [5.41, 5.74) is 0.444. The predicted molar refractivity (Wildman–Crippen MR) is 77.1 cm³/mol. The summed E-state index contributed by atoms with van der Waals surface area (Å²) in [7, 11) is -2.62. The van der Waals surface area contributed by atoms with Crippen LogP contribution in [0.5, 0.6) is 5.75 Å². The van der Waals surface area contributed by atoms with Gasteiger partial charge in [0.05, 0.1) is 7.11 Å². The van der Waals surface area contributed by atoms with E-state index in [-0.39, 0.29) is 5.75 Å². The summed E-state index contributed by atoms with van der Waals surface area (Å²) in [6.07, 6.45) is 3.11. The highest BCUT2D eigenvalue weighted by molar-refractivity contribution is 7.95. The highest BCUT2D eigenvalue weighted by Gasteiger charge is 2.20. The fourth-order valence-corrected chi connectivity index (χ4v) is 2.10. The third-order valence-electron chi connectivity index (χ3n) is 2.35. The number of hydrogen-bond donors (Lipinski definition) is 0. The summed E-state index contributed by atoms with van der Waals surface area (Å²) in [5.74, 6) is -1.28. The lowest BCUT2D eigenvalue weighted by atomic mass is 10.2. The van der Waals surface area contributed by atoms with Gasteiger partial charge in [0.2, 0.25) is 0 Å². The molecule has 0 aliphatic carbocycles. The zero-order chi connectivity index (χ0) is 16.0. The van der Waals surface area contributed by atoms with E-state index in [9.17, 15) is 18.0 Å². The Morgan fingerprint density at radius 2 is 1.76 bits per heavy atom. The Labute approximate surface area is 122 Å². The number of methoxy groups -OCH3 is 1. The molecule has 112 valence electrons. The molecule has 0 aliphatic rings. The molecule has 0 radical (unpaired) electrons. The summed E-state index contributed by atoms with van der Waals surface area (Å²) in [5, 5.41) is 0. The van der Waals surface area contributed by atoms with Crippen molar-refractivity contribution in [3.63, 3.8) is 0 Å². The molecule has 0 amide bonds. The minimum Gasteiger partial charge on any atom is -0.465 e. The third kappa shape index (κ3) is 4.88. The molecule has 0 aromatic heterocycles. The SMILES string of the molecule is C=CC(=O)Oc1ccc(/C=C(\C(=O)OC)S(C)(=O)=O)cc1. The fraction of sp³-hybridized carbons (Fsp3) is 0.143. The first-order valence-corrected chi connectivity index (χ1v) is 7.61. The highest BCUT2D eigenvalue weighted by atomic mass is 32.2. The first kappa shape index (κ1) is 16.6. The molecule has 0 aliphatic heterocycles. The van der Waals surface area contributed by atoms with Gasteiger partial charge in [-0.15, -0.1) is 0 Å². The molecule has 0 spiro atoms. The zero-order valence-corrected chi connectivity index (χ0v) is 12.3. The fourth-order valence-electron chi connectivity index (χ4n) is 1.36. The van der Waals surface area contributed by atoms with Gasteiger partial charge in [-0.25, -0.2) is 18.0 Å². The van der Waals surface area contributed by atoms with E-state index in [1.807, 2.05) is 0 Å². The van der Waals surface area contributed by atoms with E-state index in [1.165, 1.54) is 30.3 Å². The summed E-state index contributed by atoms with van der Waals surface area (Å²) in [6.45, 7) is 3.27. The van der Waals surface area contributed by atoms with Crippen LogP contribution >= 0.6 is 0 Å². The molecule has 1 rings (SSSR count). The molecule has 0 unspecified atom stereocenters. The molecule has 1 aromatic carbocycles. The van der Waals surface area contributed by atoms with E-state index in [0.717, 1.165) is 19.4 Å². The molecular formula is C14H14O6S. The number of carbonyl (C=O) groups is 2. The van der Waals surface area contributed by atoms with E-state index in [4.69, 9.17) is 4.74 Å². The quantitative estimate of drug-likeness (QED) is 0.463. The normalized spacial score (nSPS) is 11.6. The molecule has 1 aromatic rings. The Kier molecular flexibility index (Phi) is 5.43. The topological polar surface area (TPSA) is 86.7 Å². The maximum atomic E-state index is 11.5. The van der Waals surface area contributed by atoms with Gasteiger partial charge in [-0.3, -0.25) is 0 Å². The Bertz CT molecular complexity index is 683. The van der Waals surface area contributed by atoms with E-state index in [1.54, 1.807) is 0 Å². The van der Waals surface area contributed by atoms with Crippen LogP contribution in [0.2, 0.25) is 0 Å². The molecule has 0 saturated heterocycles. The van der Waals surface area contributed by atoms with Crippen LogP contribution in [0.1, 0.15) is 5.56 Å². The van der Waals surface area contributed by atoms with Crippen molar-refractivity contribution in [2.75, 3.05) is 13.4 Å². The molecule has 6 nitrogen and oxygen atoms in total. The maximum absolute atomic E-state index is 11.5. The lowest BCUT2D eigenvalue weighted by Gasteiger charge is -2.04. The molecule has 0 heterocycles. The van der Waals surface area contributed by atoms with Gasteiger partial charge in [0.1, 0.15) is 5.75 Å². The van der Waals surface area contributed by atoms with E-state index in [0.29, 0.717) is 5.56 Å². The van der Waals surface area contributed by atoms with Gasteiger partial charge in [0.25, 0.3) is 0 Å². The van der Waals surface area contributed by atoms with Crippen LogP contribution in [0, 0.1) is 0 Å². The standard InChI is InChI=1S/C14H14O6S/c1-4-13(15)20-11-7-5-10(6-8-11)9-12(14(16)19-2)21(3,17)18/h4-9H,1H2,2-3H3/b12-9+. The van der Waals surface area contributed by atoms with Crippen LogP contribution in [-0.4, -0.2) is 33.7 Å². The number of benzene rings is 1. The van der Waals surface area contributed by atoms with Crippen molar-refractivity contribution in [2.24, 2.45) is 0 Å². The molecule has 0 N–H and O–H groups in total. The van der Waals surface area contributed by atoms with Crippen molar-refractivity contribution in [1.29, 1.82) is 0 Å². The lowest BCUT2D eigenvalue weighted by Crippen LogP contribution is -2.13. The van der Waals surface area contributed by atoms with Crippen LogP contribution in [0.15, 0.2) is 41.8 Å². The smallest absolute Gasteiger partial charge is 0.349 e. The van der Waals surface area contributed by atoms with Gasteiger partial charge >= 0.3 is 11.9 Å². The summed E-state index contributed by atoms with van der Waals surface area (Å²) in [6, 6.07) is 5.93. The Morgan fingerprint density at radius 1 is 1.19 bits per heavy atom. The highest BCUT2D eigenvalue weighted by Crippen LogP contribution is 2.17. The van der Waals surface area contributed by atoms with E-state index in [2.05, 4.69) is 11.3 Å². The van der Waals surface area contributed by atoms with Crippen LogP contribution in [0.25, 0.3) is 6.08 Å². The van der Waals surface area contributed by atoms with Crippen molar-refractivity contribution < 1.29 is 27.5 Å². The van der Waals surface area contributed by atoms with Gasteiger partial charge in [0.15, 0.2) is 14.7 Å². The number of ether oxygens (including phenoxy) is 2. The monoisotopic (exact) mass is 310 g/mol. The lowest BCUT2D eigenvalue weighted by molar-refractivity contribution is -0.135. The Balaban J connectivity index is 3.10. The van der Waals surface area contributed by atoms with Gasteiger partial charge in [-0.2, -0.15) is 0 Å². The van der Waals surface area contributed by atoms with Crippen LogP contribution in [0.4, 0.5) is 0 Å². The molecule has 0 fully saturated rings. The number of carbonyl (C=O) groups excluding carboxylic acids is 2. The third-order valence-corrected chi connectivity index (χ3v) is 3.43. The summed E-state index contributed by atoms with van der Waals surface area (Å²) in [4.78, 5) is 22.0. The Hall–Kier alpha value is -2.41. The molecule has 0 saturated carbocycles. The minimum atomic E-state index is -3.72. The van der Waals surface area contributed by atoms with Crippen molar-refractivity contribution >= 4 is 27.9 Å². The van der Waals surface area contributed by atoms with Crippen molar-refractivity contribution in [1.82, 2.24) is 0 Å². The molecule has 0 atom stereocenters. The number of hydrogen-bond acceptors (Lipinski definition) is 6. The second-order valence-electron chi connectivity index (χ2n) is 3.97. The van der Waals surface area contributed by atoms with Gasteiger partial charge in [-0.1, -0.05) is 18.7 Å². The van der Waals surface area contributed by atoms with Crippen LogP contribution < -0.4 is 4.74 Å². The summed E-state index contributed by atoms with van der Waals surface area (Å²) >= 11 is 0. The zero-order valence-electron chi connectivity index (χ0n) is 11.5. The molecule has 21 heavy (non-hydrogen) atoms. The number of sulfone groups is 1. The average Bonchev–Trinajstić information content (AvgIpc) is 2.44. The molecule has 7 heteroatoms. The minimum absolute atomic E-state index is 0.274. The summed E-state index contributed by atoms with van der Waals surface area (Å²) < 4.78 is 32.4. The van der Waals surface area contributed by atoms with Gasteiger partial charge in [0, 0.05) is 12.3 Å². The second kappa shape index (κ2) is 6.85. The van der Waals surface area contributed by atoms with Crippen molar-refractivity contribution in [3.05, 3.63) is 47.4 Å². The van der Waals surface area contributed by atoms with Crippen molar-refractivity contribution in [2.45, 2.75) is 0 Å². The van der Waals surface area contributed by atoms with E-state index < -0.39 is 26.7 Å². The second-order valence-corrected chi connectivity index (χ2v) is 5.95. The largest absolute Gasteiger partial charge is 0.465 e.